The van der Waals surface area contributed by atoms with Crippen molar-refractivity contribution in [2.24, 2.45) is 0 Å². The van der Waals surface area contributed by atoms with Crippen LogP contribution in [-0.2, 0) is 33.7 Å². The zero-order chi connectivity index (χ0) is 16.4. The number of nitrogens with one attached hydrogen (secondary N) is 1. The van der Waals surface area contributed by atoms with E-state index in [2.05, 4.69) is 15.3 Å². The smallest absolute Gasteiger partial charge is 0.356 e. The van der Waals surface area contributed by atoms with Gasteiger partial charge in [-0.15, -0.1) is 12.4 Å². The molecule has 0 atom stereocenters. The van der Waals surface area contributed by atoms with Gasteiger partial charge in [-0.25, -0.2) is 9.48 Å². The molecule has 1 aliphatic carbocycles. The summed E-state index contributed by atoms with van der Waals surface area (Å²) < 4.78 is 11.5. The lowest BCUT2D eigenvalue weighted by molar-refractivity contribution is -0.144. The summed E-state index contributed by atoms with van der Waals surface area (Å²) in [6.07, 6.45) is 3.06. The fourth-order valence-corrected chi connectivity index (χ4v) is 2.78. The Hall–Kier alpha value is -2.35. The van der Waals surface area contributed by atoms with Gasteiger partial charge in [0.1, 0.15) is 6.54 Å². The Morgan fingerprint density at radius 2 is 2.00 bits per heavy atom. The highest BCUT2D eigenvalue weighted by Gasteiger charge is 2.30. The van der Waals surface area contributed by atoms with Crippen molar-refractivity contribution in [3.63, 3.8) is 0 Å². The van der Waals surface area contributed by atoms with Gasteiger partial charge in [0.15, 0.2) is 5.69 Å². The molecule has 0 bridgehead atoms. The van der Waals surface area contributed by atoms with Gasteiger partial charge >= 0.3 is 11.9 Å². The van der Waals surface area contributed by atoms with E-state index >= 15 is 0 Å². The molecule has 0 aromatic carbocycles. The number of aromatic amines is 1. The summed E-state index contributed by atoms with van der Waals surface area (Å²) in [5.41, 5.74) is 3.63. The van der Waals surface area contributed by atoms with Crippen LogP contribution in [0.3, 0.4) is 0 Å². The Morgan fingerprint density at radius 1 is 1.25 bits per heavy atom. The fraction of sp³-hybridized carbons (Fsp3) is 0.467. The van der Waals surface area contributed by atoms with Gasteiger partial charge in [0.2, 0.25) is 0 Å². The molecule has 0 fully saturated rings. The maximum absolute atomic E-state index is 12.3. The summed E-state index contributed by atoms with van der Waals surface area (Å²) in [7, 11) is 0. The minimum atomic E-state index is -0.475. The predicted octanol–water partition coefficient (Wildman–Crippen LogP) is 1.53. The summed E-state index contributed by atoms with van der Waals surface area (Å²) in [6, 6.07) is 0. The summed E-state index contributed by atoms with van der Waals surface area (Å²) >= 11 is 0. The molecule has 8 nitrogen and oxygen atoms in total. The van der Waals surface area contributed by atoms with Crippen LogP contribution in [-0.4, -0.2) is 45.1 Å². The van der Waals surface area contributed by atoms with Gasteiger partial charge in [-0.2, -0.15) is 10.2 Å². The number of carbonyl (C=O) groups is 2. The summed E-state index contributed by atoms with van der Waals surface area (Å²) in [4.78, 5) is 24.1. The number of aryl methyl sites for hydroxylation is 1. The number of aromatic nitrogens is 4. The molecule has 1 N–H and O–H groups in total. The molecule has 0 amide bonds. The summed E-state index contributed by atoms with van der Waals surface area (Å²) in [6.45, 7) is 3.89. The Balaban J connectivity index is 0.00000208. The van der Waals surface area contributed by atoms with E-state index in [1.54, 1.807) is 20.0 Å². The van der Waals surface area contributed by atoms with Crippen LogP contribution in [0.5, 0.6) is 0 Å². The second-order valence-corrected chi connectivity index (χ2v) is 5.12. The van der Waals surface area contributed by atoms with Crippen LogP contribution in [0.4, 0.5) is 0 Å². The van der Waals surface area contributed by atoms with Gasteiger partial charge in [-0.1, -0.05) is 0 Å². The van der Waals surface area contributed by atoms with E-state index in [4.69, 9.17) is 9.47 Å². The molecule has 3 rings (SSSR count). The molecule has 24 heavy (non-hydrogen) atoms. The van der Waals surface area contributed by atoms with Crippen LogP contribution in [0, 0.1) is 0 Å². The minimum absolute atomic E-state index is 0. The van der Waals surface area contributed by atoms with E-state index in [-0.39, 0.29) is 32.2 Å². The van der Waals surface area contributed by atoms with Crippen molar-refractivity contribution in [3.05, 3.63) is 23.1 Å². The highest BCUT2D eigenvalue weighted by Crippen LogP contribution is 2.33. The quantitative estimate of drug-likeness (QED) is 0.817. The minimum Gasteiger partial charge on any atom is -0.465 e. The molecule has 0 saturated heterocycles. The summed E-state index contributed by atoms with van der Waals surface area (Å²) in [5.74, 6) is -0.914. The number of fused-ring (bicyclic) bond motifs is 3. The molecule has 0 radical (unpaired) electrons. The zero-order valence-electron chi connectivity index (χ0n) is 13.5. The van der Waals surface area contributed by atoms with Crippen molar-refractivity contribution in [2.45, 2.75) is 33.2 Å². The number of hydrogen-bond acceptors (Lipinski definition) is 6. The third-order valence-electron chi connectivity index (χ3n) is 3.70. The Bertz CT molecular complexity index is 753. The maximum Gasteiger partial charge on any atom is 0.356 e. The SMILES string of the molecule is CCOC(=O)Cn1nc2c(c1C(=O)OCC)CCc1[nH]ncc1-2.Cl. The van der Waals surface area contributed by atoms with Gasteiger partial charge in [0, 0.05) is 16.8 Å². The molecule has 0 aliphatic heterocycles. The van der Waals surface area contributed by atoms with E-state index in [1.807, 2.05) is 0 Å². The van der Waals surface area contributed by atoms with Crippen molar-refractivity contribution < 1.29 is 19.1 Å². The maximum atomic E-state index is 12.3. The van der Waals surface area contributed by atoms with Gasteiger partial charge in [-0.3, -0.25) is 9.89 Å². The molecule has 130 valence electrons. The molecule has 0 spiro atoms. The van der Waals surface area contributed by atoms with Gasteiger partial charge in [0.25, 0.3) is 0 Å². The second-order valence-electron chi connectivity index (χ2n) is 5.12. The van der Waals surface area contributed by atoms with E-state index in [1.165, 1.54) is 4.68 Å². The molecule has 0 unspecified atom stereocenters. The molecule has 1 aliphatic rings. The van der Waals surface area contributed by atoms with Crippen molar-refractivity contribution in [1.29, 1.82) is 0 Å². The van der Waals surface area contributed by atoms with Crippen LogP contribution in [0.1, 0.15) is 35.6 Å². The van der Waals surface area contributed by atoms with Gasteiger partial charge < -0.3 is 9.47 Å². The van der Waals surface area contributed by atoms with E-state index in [9.17, 15) is 9.59 Å². The van der Waals surface area contributed by atoms with Crippen molar-refractivity contribution in [3.8, 4) is 11.3 Å². The van der Waals surface area contributed by atoms with E-state index in [0.717, 1.165) is 23.2 Å². The first kappa shape index (κ1) is 18.0. The number of halogens is 1. The standard InChI is InChI=1S/C15H18N4O4.ClH/c1-3-22-12(20)8-19-14(15(21)23-4-2)9-5-6-11-10(7-16-17-11)13(9)18-19;/h7H,3-6,8H2,1-2H3,(H,16,17);1H. The number of H-pyrrole nitrogens is 1. The highest BCUT2D eigenvalue weighted by atomic mass is 35.5. The molecular formula is C15H19ClN4O4. The average molecular weight is 355 g/mol. The average Bonchev–Trinajstić information content (AvgIpc) is 3.10. The van der Waals surface area contributed by atoms with E-state index < -0.39 is 11.9 Å². The Labute approximate surface area is 144 Å². The third-order valence-corrected chi connectivity index (χ3v) is 3.70. The fourth-order valence-electron chi connectivity index (χ4n) is 2.78. The molecular weight excluding hydrogens is 336 g/mol. The third kappa shape index (κ3) is 3.14. The largest absolute Gasteiger partial charge is 0.465 e. The zero-order valence-corrected chi connectivity index (χ0v) is 14.3. The van der Waals surface area contributed by atoms with Crippen LogP contribution in [0.15, 0.2) is 6.20 Å². The number of carbonyl (C=O) groups excluding carboxylic acids is 2. The Morgan fingerprint density at radius 3 is 2.71 bits per heavy atom. The summed E-state index contributed by atoms with van der Waals surface area (Å²) in [5, 5.41) is 11.4. The van der Waals surface area contributed by atoms with E-state index in [0.29, 0.717) is 17.8 Å². The number of hydrogen-bond donors (Lipinski definition) is 1. The lowest BCUT2D eigenvalue weighted by atomic mass is 9.94. The number of nitrogens with zero attached hydrogens (tertiary/aromatic N) is 3. The molecule has 0 saturated carbocycles. The Kier molecular flexibility index (Phi) is 5.61. The second kappa shape index (κ2) is 7.48. The number of rotatable bonds is 5. The van der Waals surface area contributed by atoms with Crippen LogP contribution >= 0.6 is 12.4 Å². The number of esters is 2. The van der Waals surface area contributed by atoms with Crippen LogP contribution in [0.25, 0.3) is 11.3 Å². The first-order chi connectivity index (χ1) is 11.2. The molecule has 9 heteroatoms. The highest BCUT2D eigenvalue weighted by molar-refractivity contribution is 5.92. The van der Waals surface area contributed by atoms with Gasteiger partial charge in [0.05, 0.1) is 25.1 Å². The first-order valence-corrected chi connectivity index (χ1v) is 7.60. The lowest BCUT2D eigenvalue weighted by Gasteiger charge is -2.11. The van der Waals surface area contributed by atoms with Crippen LogP contribution in [0.2, 0.25) is 0 Å². The molecule has 2 aromatic rings. The monoisotopic (exact) mass is 354 g/mol. The normalized spacial score (nSPS) is 11.9. The van der Waals surface area contributed by atoms with Crippen molar-refractivity contribution in [2.75, 3.05) is 13.2 Å². The lowest BCUT2D eigenvalue weighted by Crippen LogP contribution is -2.20. The van der Waals surface area contributed by atoms with Crippen molar-refractivity contribution >= 4 is 24.3 Å². The number of ether oxygens (including phenoxy) is 2. The van der Waals surface area contributed by atoms with Crippen LogP contribution < -0.4 is 0 Å². The molecule has 2 heterocycles. The predicted molar refractivity (Wildman–Crippen MR) is 87.1 cm³/mol. The first-order valence-electron chi connectivity index (χ1n) is 7.60. The molecule has 2 aromatic heterocycles. The van der Waals surface area contributed by atoms with Gasteiger partial charge in [-0.05, 0) is 26.7 Å². The van der Waals surface area contributed by atoms with Crippen molar-refractivity contribution in [1.82, 2.24) is 20.0 Å². The topological polar surface area (TPSA) is 99.1 Å².